The molecule has 0 unspecified atom stereocenters. The first kappa shape index (κ1) is 18.3. The maximum absolute atomic E-state index is 12.9. The fourth-order valence-corrected chi connectivity index (χ4v) is 3.16. The van der Waals surface area contributed by atoms with Crippen molar-refractivity contribution in [3.8, 4) is 5.69 Å². The number of carbonyl (C=O) groups is 1. The first-order chi connectivity index (χ1) is 14.0. The van der Waals surface area contributed by atoms with E-state index in [1.165, 1.54) is 9.69 Å². The third-order valence-electron chi connectivity index (χ3n) is 4.79. The topological polar surface area (TPSA) is 83.7 Å². The van der Waals surface area contributed by atoms with Gasteiger partial charge in [0.1, 0.15) is 5.69 Å². The molecule has 8 nitrogen and oxygen atoms in total. The zero-order chi connectivity index (χ0) is 20.5. The Morgan fingerprint density at radius 2 is 1.55 bits per heavy atom. The Morgan fingerprint density at radius 3 is 2.17 bits per heavy atom. The number of nitrogens with one attached hydrogen (secondary N) is 2. The molecule has 2 N–H and O–H groups in total. The van der Waals surface area contributed by atoms with E-state index in [9.17, 15) is 9.59 Å². The van der Waals surface area contributed by atoms with E-state index in [0.29, 0.717) is 22.8 Å². The molecule has 0 spiro atoms. The molecule has 1 amide bonds. The van der Waals surface area contributed by atoms with Crippen molar-refractivity contribution in [2.24, 2.45) is 12.1 Å². The summed E-state index contributed by atoms with van der Waals surface area (Å²) in [6, 6.07) is 18.4. The summed E-state index contributed by atoms with van der Waals surface area (Å²) in [5.41, 5.74) is 8.28. The van der Waals surface area contributed by atoms with Crippen LogP contribution in [0.2, 0.25) is 0 Å². The molecule has 8 heteroatoms. The second-order valence-electron chi connectivity index (χ2n) is 6.58. The van der Waals surface area contributed by atoms with E-state index in [-0.39, 0.29) is 17.2 Å². The average Bonchev–Trinajstić information content (AvgIpc) is 3.14. The first-order valence-electron chi connectivity index (χ1n) is 9.02. The van der Waals surface area contributed by atoms with Crippen LogP contribution in [0, 0.1) is 6.92 Å². The SMILES string of the molecule is C=C1NN(c2ccccc2)C(=O)/C1=N/Nc1c(C)n(C)n(-c2ccccc2)c1=O. The molecule has 0 bridgehead atoms. The van der Waals surface area contributed by atoms with Gasteiger partial charge in [-0.3, -0.25) is 25.1 Å². The van der Waals surface area contributed by atoms with Crippen LogP contribution in [-0.2, 0) is 11.8 Å². The van der Waals surface area contributed by atoms with Crippen LogP contribution in [0.15, 0.2) is 82.8 Å². The Morgan fingerprint density at radius 1 is 0.966 bits per heavy atom. The van der Waals surface area contributed by atoms with Gasteiger partial charge in [0.2, 0.25) is 0 Å². The van der Waals surface area contributed by atoms with E-state index in [2.05, 4.69) is 22.5 Å². The number of benzene rings is 2. The van der Waals surface area contributed by atoms with Gasteiger partial charge in [-0.15, -0.1) is 0 Å². The molecule has 0 aliphatic carbocycles. The Kier molecular flexibility index (Phi) is 4.52. The van der Waals surface area contributed by atoms with Crippen molar-refractivity contribution in [3.05, 3.63) is 89.0 Å². The summed E-state index contributed by atoms with van der Waals surface area (Å²) in [5.74, 6) is -0.356. The van der Waals surface area contributed by atoms with Crippen LogP contribution < -0.4 is 21.4 Å². The van der Waals surface area contributed by atoms with Gasteiger partial charge in [-0.25, -0.2) is 9.69 Å². The molecule has 1 aliphatic heterocycles. The molecule has 0 radical (unpaired) electrons. The van der Waals surface area contributed by atoms with Gasteiger partial charge >= 0.3 is 0 Å². The highest BCUT2D eigenvalue weighted by molar-refractivity contribution is 6.51. The molecule has 1 aromatic heterocycles. The smallest absolute Gasteiger partial charge is 0.289 e. The molecule has 29 heavy (non-hydrogen) atoms. The number of hydrogen-bond acceptors (Lipinski definition) is 5. The molecule has 4 rings (SSSR count). The van der Waals surface area contributed by atoms with Gasteiger partial charge < -0.3 is 0 Å². The quantitative estimate of drug-likeness (QED) is 0.672. The first-order valence-corrected chi connectivity index (χ1v) is 9.02. The summed E-state index contributed by atoms with van der Waals surface area (Å²) < 4.78 is 3.28. The number of hydrazone groups is 1. The van der Waals surface area contributed by atoms with E-state index >= 15 is 0 Å². The molecule has 146 valence electrons. The van der Waals surface area contributed by atoms with Crippen molar-refractivity contribution in [2.45, 2.75) is 6.92 Å². The normalized spacial score (nSPS) is 15.1. The van der Waals surface area contributed by atoms with Crippen molar-refractivity contribution < 1.29 is 4.79 Å². The summed E-state index contributed by atoms with van der Waals surface area (Å²) in [5, 5.41) is 5.55. The van der Waals surface area contributed by atoms with Crippen LogP contribution in [-0.4, -0.2) is 21.0 Å². The van der Waals surface area contributed by atoms with Gasteiger partial charge in [-0.1, -0.05) is 43.0 Å². The average molecular weight is 388 g/mol. The second kappa shape index (κ2) is 7.16. The molecular weight excluding hydrogens is 368 g/mol. The second-order valence-corrected chi connectivity index (χ2v) is 6.58. The highest BCUT2D eigenvalue weighted by Crippen LogP contribution is 2.19. The number of carbonyl (C=O) groups excluding carboxylic acids is 1. The lowest BCUT2D eigenvalue weighted by Gasteiger charge is -2.14. The molecule has 1 aliphatic rings. The monoisotopic (exact) mass is 388 g/mol. The predicted octanol–water partition coefficient (Wildman–Crippen LogP) is 2.32. The zero-order valence-corrected chi connectivity index (χ0v) is 16.1. The Hall–Kier alpha value is -4.07. The summed E-state index contributed by atoms with van der Waals surface area (Å²) in [4.78, 5) is 25.7. The van der Waals surface area contributed by atoms with Crippen molar-refractivity contribution in [1.29, 1.82) is 0 Å². The third kappa shape index (κ3) is 3.10. The molecule has 1 saturated heterocycles. The van der Waals surface area contributed by atoms with Gasteiger partial charge in [0.15, 0.2) is 5.71 Å². The Bertz CT molecular complexity index is 1180. The molecule has 1 fully saturated rings. The lowest BCUT2D eigenvalue weighted by molar-refractivity contribution is -0.112. The van der Waals surface area contributed by atoms with Gasteiger partial charge in [-0.2, -0.15) is 5.10 Å². The van der Waals surface area contributed by atoms with E-state index in [1.54, 1.807) is 23.9 Å². The molecule has 2 heterocycles. The summed E-state index contributed by atoms with van der Waals surface area (Å²) in [6.45, 7) is 5.67. The van der Waals surface area contributed by atoms with Crippen LogP contribution in [0.1, 0.15) is 5.69 Å². The van der Waals surface area contributed by atoms with Crippen LogP contribution in [0.25, 0.3) is 5.69 Å². The Balaban J connectivity index is 1.66. The minimum absolute atomic E-state index is 0.114. The fourth-order valence-electron chi connectivity index (χ4n) is 3.16. The number of aromatic nitrogens is 2. The largest absolute Gasteiger partial charge is 0.299 e. The number of hydrazine groups is 1. The van der Waals surface area contributed by atoms with Crippen LogP contribution in [0.4, 0.5) is 11.4 Å². The number of para-hydroxylation sites is 2. The minimum atomic E-state index is -0.356. The zero-order valence-electron chi connectivity index (χ0n) is 16.1. The van der Waals surface area contributed by atoms with Gasteiger partial charge in [0, 0.05) is 7.05 Å². The van der Waals surface area contributed by atoms with Crippen molar-refractivity contribution in [3.63, 3.8) is 0 Å². The molecule has 0 atom stereocenters. The predicted molar refractivity (Wildman–Crippen MR) is 113 cm³/mol. The highest BCUT2D eigenvalue weighted by Gasteiger charge is 2.32. The third-order valence-corrected chi connectivity index (χ3v) is 4.79. The standard InChI is InChI=1S/C21H20N6O2/c1-14-18(20(28)26(24-14)16-10-6-4-7-11-16)22-23-19-15(2)25(3)27(21(19)29)17-12-8-5-9-13-17/h4-13,23-24H,1H2,2-3H3/b22-18+. The number of nitrogens with zero attached hydrogens (tertiary/aromatic N) is 4. The van der Waals surface area contributed by atoms with Crippen molar-refractivity contribution >= 4 is 23.0 Å². The Labute approximate surface area is 167 Å². The van der Waals surface area contributed by atoms with Gasteiger partial charge in [0.25, 0.3) is 11.5 Å². The summed E-state index contributed by atoms with van der Waals surface area (Å²) >= 11 is 0. The lowest BCUT2D eigenvalue weighted by atomic mass is 10.3. The number of amides is 1. The van der Waals surface area contributed by atoms with Crippen molar-refractivity contribution in [2.75, 3.05) is 10.4 Å². The van der Waals surface area contributed by atoms with E-state index in [1.807, 2.05) is 55.5 Å². The molecule has 0 saturated carbocycles. The van der Waals surface area contributed by atoms with Crippen LogP contribution >= 0.6 is 0 Å². The molecule has 2 aromatic carbocycles. The number of hydrogen-bond donors (Lipinski definition) is 2. The number of anilines is 2. The summed E-state index contributed by atoms with van der Waals surface area (Å²) in [6.07, 6.45) is 0. The maximum atomic E-state index is 12.9. The summed E-state index contributed by atoms with van der Waals surface area (Å²) in [7, 11) is 1.79. The van der Waals surface area contributed by atoms with E-state index < -0.39 is 0 Å². The van der Waals surface area contributed by atoms with Gasteiger partial charge in [-0.05, 0) is 31.2 Å². The molecule has 3 aromatic rings. The van der Waals surface area contributed by atoms with Gasteiger partial charge in [0.05, 0.1) is 22.8 Å². The van der Waals surface area contributed by atoms with Crippen LogP contribution in [0.5, 0.6) is 0 Å². The lowest BCUT2D eigenvalue weighted by Crippen LogP contribution is -2.34. The fraction of sp³-hybridized carbons (Fsp3) is 0.0952. The maximum Gasteiger partial charge on any atom is 0.299 e. The van der Waals surface area contributed by atoms with Crippen molar-refractivity contribution in [1.82, 2.24) is 14.8 Å². The minimum Gasteiger partial charge on any atom is -0.289 e. The van der Waals surface area contributed by atoms with Crippen LogP contribution in [0.3, 0.4) is 0 Å². The van der Waals surface area contributed by atoms with E-state index in [0.717, 1.165) is 5.69 Å². The highest BCUT2D eigenvalue weighted by atomic mass is 16.2. The van der Waals surface area contributed by atoms with E-state index in [4.69, 9.17) is 0 Å². The molecular formula is C21H20N6O2. The number of rotatable bonds is 4.